The van der Waals surface area contributed by atoms with Crippen LogP contribution in [0.3, 0.4) is 0 Å². The van der Waals surface area contributed by atoms with Crippen molar-refractivity contribution in [3.8, 4) is 5.88 Å². The van der Waals surface area contributed by atoms with Gasteiger partial charge < -0.3 is 4.74 Å². The zero-order chi connectivity index (χ0) is 13.0. The van der Waals surface area contributed by atoms with Crippen molar-refractivity contribution in [3.63, 3.8) is 0 Å². The maximum atomic E-state index is 6.01. The van der Waals surface area contributed by atoms with E-state index >= 15 is 0 Å². The number of aromatic nitrogens is 2. The topological polar surface area (TPSA) is 35.0 Å². The molecule has 4 heteroatoms. The number of nitrogens with zero attached hydrogens (tertiary/aromatic N) is 2. The molecule has 0 spiro atoms. The fourth-order valence-electron chi connectivity index (χ4n) is 2.45. The Morgan fingerprint density at radius 3 is 2.83 bits per heavy atom. The SMILES string of the molecule is CCCc1nc(Cl)cc(OC2CCCCC2C)n1. The van der Waals surface area contributed by atoms with E-state index < -0.39 is 0 Å². The number of rotatable bonds is 4. The number of ether oxygens (including phenoxy) is 1. The molecule has 0 radical (unpaired) electrons. The Hall–Kier alpha value is -0.830. The first kappa shape index (κ1) is 13.6. The van der Waals surface area contributed by atoms with Crippen LogP contribution in [0.1, 0.15) is 51.8 Å². The van der Waals surface area contributed by atoms with Crippen LogP contribution < -0.4 is 4.74 Å². The summed E-state index contributed by atoms with van der Waals surface area (Å²) in [5.41, 5.74) is 0. The van der Waals surface area contributed by atoms with Crippen LogP contribution in [0, 0.1) is 5.92 Å². The van der Waals surface area contributed by atoms with Gasteiger partial charge in [0.25, 0.3) is 0 Å². The van der Waals surface area contributed by atoms with Crippen molar-refractivity contribution in [1.29, 1.82) is 0 Å². The summed E-state index contributed by atoms with van der Waals surface area (Å²) in [7, 11) is 0. The first-order valence-corrected chi connectivity index (χ1v) is 7.27. The molecule has 1 heterocycles. The third kappa shape index (κ3) is 3.58. The van der Waals surface area contributed by atoms with Gasteiger partial charge in [-0.2, -0.15) is 4.98 Å². The molecule has 1 aliphatic rings. The van der Waals surface area contributed by atoms with Crippen molar-refractivity contribution in [1.82, 2.24) is 9.97 Å². The molecule has 1 aliphatic carbocycles. The summed E-state index contributed by atoms with van der Waals surface area (Å²) in [4.78, 5) is 8.64. The number of hydrogen-bond acceptors (Lipinski definition) is 3. The van der Waals surface area contributed by atoms with Crippen LogP contribution in [0.4, 0.5) is 0 Å². The highest BCUT2D eigenvalue weighted by Crippen LogP contribution is 2.28. The fraction of sp³-hybridized carbons (Fsp3) is 0.714. The van der Waals surface area contributed by atoms with Gasteiger partial charge in [-0.1, -0.05) is 31.9 Å². The molecular formula is C14H21ClN2O. The van der Waals surface area contributed by atoms with E-state index in [1.807, 2.05) is 0 Å². The lowest BCUT2D eigenvalue weighted by Gasteiger charge is -2.28. The minimum atomic E-state index is 0.277. The fourth-order valence-corrected chi connectivity index (χ4v) is 2.64. The molecular weight excluding hydrogens is 248 g/mol. The van der Waals surface area contributed by atoms with Gasteiger partial charge in [-0.05, 0) is 31.6 Å². The highest BCUT2D eigenvalue weighted by Gasteiger charge is 2.23. The van der Waals surface area contributed by atoms with E-state index in [0.29, 0.717) is 17.0 Å². The van der Waals surface area contributed by atoms with Crippen LogP contribution in [0.2, 0.25) is 5.15 Å². The Bertz CT molecular complexity index is 397. The number of aryl methyl sites for hydroxylation is 1. The third-order valence-corrected chi connectivity index (χ3v) is 3.69. The van der Waals surface area contributed by atoms with E-state index in [-0.39, 0.29) is 6.10 Å². The maximum absolute atomic E-state index is 6.01. The van der Waals surface area contributed by atoms with Crippen molar-refractivity contribution in [2.45, 2.75) is 58.5 Å². The standard InChI is InChI=1S/C14H21ClN2O/c1-3-6-13-16-12(15)9-14(17-13)18-11-8-5-4-7-10(11)2/h9-11H,3-8H2,1-2H3. The van der Waals surface area contributed by atoms with Gasteiger partial charge in [0.1, 0.15) is 17.1 Å². The summed E-state index contributed by atoms with van der Waals surface area (Å²) in [5.74, 6) is 2.02. The van der Waals surface area contributed by atoms with Crippen molar-refractivity contribution >= 4 is 11.6 Å². The second kappa shape index (κ2) is 6.37. The molecule has 2 atom stereocenters. The molecule has 0 saturated heterocycles. The maximum Gasteiger partial charge on any atom is 0.218 e. The van der Waals surface area contributed by atoms with Crippen LogP contribution in [-0.4, -0.2) is 16.1 Å². The second-order valence-electron chi connectivity index (χ2n) is 5.11. The summed E-state index contributed by atoms with van der Waals surface area (Å²) in [5, 5.41) is 0.479. The lowest BCUT2D eigenvalue weighted by atomic mass is 9.88. The van der Waals surface area contributed by atoms with Gasteiger partial charge in [0, 0.05) is 12.5 Å². The molecule has 0 N–H and O–H groups in total. The molecule has 0 amide bonds. The van der Waals surface area contributed by atoms with Crippen LogP contribution in [0.15, 0.2) is 6.07 Å². The predicted octanol–water partition coefficient (Wildman–Crippen LogP) is 4.04. The van der Waals surface area contributed by atoms with Crippen LogP contribution in [0.25, 0.3) is 0 Å². The molecule has 0 bridgehead atoms. The van der Waals surface area contributed by atoms with Gasteiger partial charge in [0.2, 0.25) is 5.88 Å². The molecule has 3 nitrogen and oxygen atoms in total. The Morgan fingerprint density at radius 1 is 1.33 bits per heavy atom. The van der Waals surface area contributed by atoms with Crippen molar-refractivity contribution in [2.24, 2.45) is 5.92 Å². The first-order chi connectivity index (χ1) is 8.69. The van der Waals surface area contributed by atoms with Gasteiger partial charge >= 0.3 is 0 Å². The van der Waals surface area contributed by atoms with E-state index in [2.05, 4.69) is 23.8 Å². The van der Waals surface area contributed by atoms with Gasteiger partial charge in [-0.25, -0.2) is 4.98 Å². The van der Waals surface area contributed by atoms with E-state index in [9.17, 15) is 0 Å². The smallest absolute Gasteiger partial charge is 0.218 e. The molecule has 1 fully saturated rings. The summed E-state index contributed by atoms with van der Waals surface area (Å²) in [6.45, 7) is 4.35. The third-order valence-electron chi connectivity index (χ3n) is 3.50. The Labute approximate surface area is 114 Å². The van der Waals surface area contributed by atoms with E-state index in [0.717, 1.165) is 25.1 Å². The zero-order valence-corrected chi connectivity index (χ0v) is 11.9. The molecule has 100 valence electrons. The zero-order valence-electron chi connectivity index (χ0n) is 11.2. The first-order valence-electron chi connectivity index (χ1n) is 6.89. The van der Waals surface area contributed by atoms with Crippen LogP contribution in [0.5, 0.6) is 5.88 Å². The summed E-state index contributed by atoms with van der Waals surface area (Å²) >= 11 is 6.01. The molecule has 2 rings (SSSR count). The van der Waals surface area contributed by atoms with E-state index in [4.69, 9.17) is 16.3 Å². The minimum absolute atomic E-state index is 0.277. The van der Waals surface area contributed by atoms with Crippen molar-refractivity contribution in [3.05, 3.63) is 17.0 Å². The van der Waals surface area contributed by atoms with Gasteiger partial charge in [-0.3, -0.25) is 0 Å². The Kier molecular flexibility index (Phi) is 4.81. The number of hydrogen-bond donors (Lipinski definition) is 0. The Balaban J connectivity index is 2.07. The average Bonchev–Trinajstić information content (AvgIpc) is 2.32. The molecule has 1 aromatic rings. The molecule has 1 aromatic heterocycles. The molecule has 0 aromatic carbocycles. The largest absolute Gasteiger partial charge is 0.474 e. The van der Waals surface area contributed by atoms with Crippen LogP contribution in [-0.2, 0) is 6.42 Å². The average molecular weight is 269 g/mol. The molecule has 1 saturated carbocycles. The second-order valence-corrected chi connectivity index (χ2v) is 5.50. The Morgan fingerprint density at radius 2 is 2.11 bits per heavy atom. The predicted molar refractivity (Wildman–Crippen MR) is 73.1 cm³/mol. The highest BCUT2D eigenvalue weighted by atomic mass is 35.5. The van der Waals surface area contributed by atoms with E-state index in [1.165, 1.54) is 19.3 Å². The summed E-state index contributed by atoms with van der Waals surface area (Å²) in [6.07, 6.45) is 7.05. The van der Waals surface area contributed by atoms with Crippen LogP contribution >= 0.6 is 11.6 Å². The van der Waals surface area contributed by atoms with Crippen molar-refractivity contribution < 1.29 is 4.74 Å². The summed E-state index contributed by atoms with van der Waals surface area (Å²) in [6, 6.07) is 1.72. The van der Waals surface area contributed by atoms with E-state index in [1.54, 1.807) is 6.07 Å². The summed E-state index contributed by atoms with van der Waals surface area (Å²) < 4.78 is 6.00. The lowest BCUT2D eigenvalue weighted by molar-refractivity contribution is 0.0971. The monoisotopic (exact) mass is 268 g/mol. The molecule has 2 unspecified atom stereocenters. The normalized spacial score (nSPS) is 23.9. The van der Waals surface area contributed by atoms with Gasteiger partial charge in [-0.15, -0.1) is 0 Å². The minimum Gasteiger partial charge on any atom is -0.474 e. The molecule has 0 aliphatic heterocycles. The number of halogens is 1. The van der Waals surface area contributed by atoms with Crippen molar-refractivity contribution in [2.75, 3.05) is 0 Å². The van der Waals surface area contributed by atoms with Gasteiger partial charge in [0.15, 0.2) is 0 Å². The van der Waals surface area contributed by atoms with Gasteiger partial charge in [0.05, 0.1) is 0 Å². The lowest BCUT2D eigenvalue weighted by Crippen LogP contribution is -2.28. The highest BCUT2D eigenvalue weighted by molar-refractivity contribution is 6.29. The molecule has 18 heavy (non-hydrogen) atoms. The quantitative estimate of drug-likeness (QED) is 0.773.